The Labute approximate surface area is 61.5 Å². The Morgan fingerprint density at radius 2 is 2.10 bits per heavy atom. The van der Waals surface area contributed by atoms with Crippen molar-refractivity contribution in [2.75, 3.05) is 4.53 Å². The van der Waals surface area contributed by atoms with Gasteiger partial charge in [-0.3, -0.25) is 0 Å². The molecule has 1 aromatic rings. The average Bonchev–Trinajstić information content (AvgIpc) is 2.05. The van der Waals surface area contributed by atoms with Crippen molar-refractivity contribution in [1.82, 2.24) is 20.2 Å². The molecular formula is C3H2ClN6+. The minimum absolute atomic E-state index is 0.0687. The minimum Gasteiger partial charge on any atom is -0.225 e. The number of anilines is 1. The summed E-state index contributed by atoms with van der Waals surface area (Å²) in [5, 5.41) is 2.60. The maximum Gasteiger partial charge on any atom is 0.444 e. The van der Waals surface area contributed by atoms with Gasteiger partial charge in [0.15, 0.2) is 4.53 Å². The first-order valence-corrected chi connectivity index (χ1v) is 2.61. The van der Waals surface area contributed by atoms with Crippen molar-refractivity contribution in [2.45, 2.75) is 0 Å². The van der Waals surface area contributed by atoms with Crippen LogP contribution in [0.4, 0.5) is 5.95 Å². The van der Waals surface area contributed by atoms with Gasteiger partial charge in [0.25, 0.3) is 11.5 Å². The molecule has 0 aromatic carbocycles. The largest absolute Gasteiger partial charge is 0.444 e. The summed E-state index contributed by atoms with van der Waals surface area (Å²) in [6.45, 7) is 0. The molecule has 0 aliphatic rings. The molecule has 0 atom stereocenters. The molecule has 0 radical (unpaired) electrons. The highest BCUT2D eigenvalue weighted by Crippen LogP contribution is 2.01. The molecular weight excluding hydrogens is 156 g/mol. The monoisotopic (exact) mass is 157 g/mol. The predicted octanol–water partition coefficient (Wildman–Crippen LogP) is 0.104. The zero-order valence-corrected chi connectivity index (χ0v) is 5.47. The SMILES string of the molecule is [N-]=[N+2]N(Cl)c1ncncn1. The lowest BCUT2D eigenvalue weighted by atomic mass is 11.0. The van der Waals surface area contributed by atoms with E-state index >= 15 is 0 Å². The van der Waals surface area contributed by atoms with Crippen LogP contribution in [0, 0.1) is 0 Å². The van der Waals surface area contributed by atoms with E-state index in [9.17, 15) is 0 Å². The van der Waals surface area contributed by atoms with E-state index in [-0.39, 0.29) is 5.95 Å². The van der Waals surface area contributed by atoms with E-state index in [0.717, 1.165) is 0 Å². The fourth-order valence-corrected chi connectivity index (χ4v) is 0.456. The Hall–Kier alpha value is -1.39. The Bertz CT molecular complexity index is 211. The lowest BCUT2D eigenvalue weighted by Crippen LogP contribution is -2.12. The van der Waals surface area contributed by atoms with Crippen LogP contribution < -0.4 is 9.75 Å². The van der Waals surface area contributed by atoms with E-state index in [1.54, 1.807) is 0 Å². The number of nitrogens with zero attached hydrogens (tertiary/aromatic N) is 6. The molecule has 0 fully saturated rings. The maximum absolute atomic E-state index is 8.11. The molecule has 6 nitrogen and oxygen atoms in total. The Morgan fingerprint density at radius 1 is 1.50 bits per heavy atom. The molecule has 0 aliphatic heterocycles. The molecule has 50 valence electrons. The number of aromatic nitrogens is 3. The molecule has 0 bridgehead atoms. The van der Waals surface area contributed by atoms with Crippen LogP contribution >= 0.6 is 11.8 Å². The molecule has 10 heavy (non-hydrogen) atoms. The summed E-state index contributed by atoms with van der Waals surface area (Å²) in [6, 6.07) is 0. The van der Waals surface area contributed by atoms with Gasteiger partial charge in [-0.25, -0.2) is 15.0 Å². The highest BCUT2D eigenvalue weighted by Gasteiger charge is 2.17. The highest BCUT2D eigenvalue weighted by atomic mass is 35.5. The summed E-state index contributed by atoms with van der Waals surface area (Å²) in [4.78, 5) is 10.7. The van der Waals surface area contributed by atoms with Crippen LogP contribution in [0.5, 0.6) is 0 Å². The maximum atomic E-state index is 8.11. The van der Waals surface area contributed by atoms with Gasteiger partial charge in [-0.1, -0.05) is 0 Å². The Morgan fingerprint density at radius 3 is 2.60 bits per heavy atom. The molecule has 0 saturated heterocycles. The van der Waals surface area contributed by atoms with Crippen LogP contribution in [0.2, 0.25) is 0 Å². The first-order chi connectivity index (χ1) is 4.84. The summed E-state index contributed by atoms with van der Waals surface area (Å²) in [7, 11) is 0. The van der Waals surface area contributed by atoms with Gasteiger partial charge >= 0.3 is 5.22 Å². The first kappa shape index (κ1) is 6.73. The van der Waals surface area contributed by atoms with E-state index in [1.807, 2.05) is 0 Å². The van der Waals surface area contributed by atoms with Gasteiger partial charge in [-0.05, 0) is 0 Å². The van der Waals surface area contributed by atoms with Crippen molar-refractivity contribution in [3.8, 4) is 0 Å². The van der Waals surface area contributed by atoms with Crippen molar-refractivity contribution >= 4 is 17.7 Å². The van der Waals surface area contributed by atoms with Crippen molar-refractivity contribution in [2.24, 2.45) is 0 Å². The zero-order chi connectivity index (χ0) is 7.40. The van der Waals surface area contributed by atoms with E-state index in [4.69, 9.17) is 17.3 Å². The second-order valence-electron chi connectivity index (χ2n) is 1.29. The summed E-state index contributed by atoms with van der Waals surface area (Å²) in [5.74, 6) is 0.0687. The topological polar surface area (TPSA) is 78.3 Å². The molecule has 0 spiro atoms. The van der Waals surface area contributed by atoms with Crippen LogP contribution in [-0.2, 0) is 0 Å². The van der Waals surface area contributed by atoms with Crippen LogP contribution in [0.1, 0.15) is 0 Å². The minimum atomic E-state index is 0.0687. The van der Waals surface area contributed by atoms with E-state index in [0.29, 0.717) is 4.53 Å². The van der Waals surface area contributed by atoms with Gasteiger partial charge in [0.1, 0.15) is 12.7 Å². The van der Waals surface area contributed by atoms with E-state index < -0.39 is 0 Å². The second-order valence-corrected chi connectivity index (χ2v) is 1.61. The van der Waals surface area contributed by atoms with E-state index in [2.05, 4.69) is 20.2 Å². The summed E-state index contributed by atoms with van der Waals surface area (Å²) < 4.78 is 0.599. The van der Waals surface area contributed by atoms with E-state index in [1.165, 1.54) is 12.7 Å². The lowest BCUT2D eigenvalue weighted by Gasteiger charge is -1.88. The standard InChI is InChI=1S/C3H2ClN6/c4-10(9-5)3-7-1-6-2-8-3/h1-2H/q+1. The fourth-order valence-electron chi connectivity index (χ4n) is 0.368. The first-order valence-electron chi connectivity index (χ1n) is 2.27. The smallest absolute Gasteiger partial charge is 0.225 e. The molecule has 0 aliphatic carbocycles. The van der Waals surface area contributed by atoms with Crippen LogP contribution in [0.3, 0.4) is 0 Å². The third-order valence-corrected chi connectivity index (χ3v) is 0.942. The molecule has 7 heteroatoms. The molecule has 0 unspecified atom stereocenters. The molecule has 1 rings (SSSR count). The third-order valence-electron chi connectivity index (χ3n) is 0.723. The molecule has 0 N–H and O–H groups in total. The van der Waals surface area contributed by atoms with Crippen molar-refractivity contribution < 1.29 is 0 Å². The highest BCUT2D eigenvalue weighted by molar-refractivity contribution is 6.24. The predicted molar refractivity (Wildman–Crippen MR) is 33.7 cm³/mol. The van der Waals surface area contributed by atoms with Crippen molar-refractivity contribution in [3.05, 3.63) is 18.2 Å². The summed E-state index contributed by atoms with van der Waals surface area (Å²) in [6.07, 6.45) is 2.48. The average molecular weight is 158 g/mol. The normalized spacial score (nSPS) is 8.50. The van der Waals surface area contributed by atoms with Gasteiger partial charge in [0, 0.05) is 11.8 Å². The van der Waals surface area contributed by atoms with Gasteiger partial charge in [-0.15, -0.1) is 0 Å². The molecule has 0 saturated carbocycles. The molecule has 1 aromatic heterocycles. The van der Waals surface area contributed by atoms with Crippen molar-refractivity contribution in [3.63, 3.8) is 0 Å². The van der Waals surface area contributed by atoms with Gasteiger partial charge in [-0.2, -0.15) is 0 Å². The molecule has 1 heterocycles. The Kier molecular flexibility index (Phi) is 1.99. The summed E-state index contributed by atoms with van der Waals surface area (Å²) >= 11 is 5.25. The quantitative estimate of drug-likeness (QED) is 0.347. The van der Waals surface area contributed by atoms with Crippen LogP contribution in [0.15, 0.2) is 12.7 Å². The lowest BCUT2D eigenvalue weighted by molar-refractivity contribution is 0.929. The van der Waals surface area contributed by atoms with Crippen molar-refractivity contribution in [1.29, 1.82) is 0 Å². The van der Waals surface area contributed by atoms with Gasteiger partial charge < -0.3 is 0 Å². The zero-order valence-electron chi connectivity index (χ0n) is 4.72. The number of hydrogen-bond acceptors (Lipinski definition) is 4. The second kappa shape index (κ2) is 2.95. The van der Waals surface area contributed by atoms with Gasteiger partial charge in [0.05, 0.1) is 0 Å². The summed E-state index contributed by atoms with van der Waals surface area (Å²) in [5.41, 5.74) is 8.11. The fraction of sp³-hybridized carbons (Fsp3) is 0. The number of halogens is 1. The number of rotatable bonds is 2. The molecule has 0 amide bonds. The van der Waals surface area contributed by atoms with Crippen LogP contribution in [0.25, 0.3) is 5.53 Å². The number of hydrogen-bond donors (Lipinski definition) is 0. The third kappa shape index (κ3) is 1.31. The Balaban J connectivity index is 2.84. The van der Waals surface area contributed by atoms with Crippen LogP contribution in [-0.4, -0.2) is 15.0 Å². The van der Waals surface area contributed by atoms with Gasteiger partial charge in [0.2, 0.25) is 0 Å².